The van der Waals surface area contributed by atoms with Crippen LogP contribution in [0, 0.1) is 0 Å². The summed E-state index contributed by atoms with van der Waals surface area (Å²) in [6.07, 6.45) is 2.26. The van der Waals surface area contributed by atoms with Crippen LogP contribution in [0.5, 0.6) is 0 Å². The minimum atomic E-state index is -0.341. The van der Waals surface area contributed by atoms with Crippen molar-refractivity contribution in [1.82, 2.24) is 0 Å². The SMILES string of the molecule is O=C(Cl)c1cccc2c1SCCC2. The lowest BCUT2D eigenvalue weighted by Gasteiger charge is -2.16. The molecule has 1 heterocycles. The van der Waals surface area contributed by atoms with Gasteiger partial charge in [-0.05, 0) is 41.8 Å². The van der Waals surface area contributed by atoms with Crippen LogP contribution in [-0.2, 0) is 6.42 Å². The van der Waals surface area contributed by atoms with Crippen molar-refractivity contribution in [2.45, 2.75) is 17.7 Å². The average Bonchev–Trinajstić information content (AvgIpc) is 2.17. The molecule has 0 aromatic heterocycles. The molecule has 0 atom stereocenters. The first-order valence-corrected chi connectivity index (χ1v) is 5.60. The second-order valence-corrected chi connectivity index (χ2v) is 4.47. The molecule has 0 fully saturated rings. The van der Waals surface area contributed by atoms with Crippen molar-refractivity contribution < 1.29 is 4.79 Å². The molecular formula is C10H9ClOS. The van der Waals surface area contributed by atoms with Crippen LogP contribution in [0.4, 0.5) is 0 Å². The Morgan fingerprint density at radius 3 is 3.08 bits per heavy atom. The number of carbonyl (C=O) groups excluding carboxylic acids is 1. The predicted molar refractivity (Wildman–Crippen MR) is 55.7 cm³/mol. The van der Waals surface area contributed by atoms with E-state index in [0.717, 1.165) is 17.1 Å². The topological polar surface area (TPSA) is 17.1 Å². The van der Waals surface area contributed by atoms with Crippen molar-refractivity contribution in [3.8, 4) is 0 Å². The van der Waals surface area contributed by atoms with Gasteiger partial charge in [-0.3, -0.25) is 4.79 Å². The smallest absolute Gasteiger partial charge is 0.253 e. The molecule has 1 aliphatic rings. The molecule has 1 aromatic rings. The first kappa shape index (κ1) is 9.10. The predicted octanol–water partition coefficient (Wildman–Crippen LogP) is 3.10. The lowest BCUT2D eigenvalue weighted by Crippen LogP contribution is -2.03. The minimum absolute atomic E-state index is 0.341. The highest BCUT2D eigenvalue weighted by Crippen LogP contribution is 2.33. The second-order valence-electron chi connectivity index (χ2n) is 3.02. The van der Waals surface area contributed by atoms with Gasteiger partial charge in [-0.25, -0.2) is 0 Å². The van der Waals surface area contributed by atoms with Gasteiger partial charge in [0.1, 0.15) is 0 Å². The molecular weight excluding hydrogens is 204 g/mol. The summed E-state index contributed by atoms with van der Waals surface area (Å²) >= 11 is 7.23. The summed E-state index contributed by atoms with van der Waals surface area (Å²) < 4.78 is 0. The van der Waals surface area contributed by atoms with Gasteiger partial charge in [0.2, 0.25) is 0 Å². The molecule has 0 radical (unpaired) electrons. The van der Waals surface area contributed by atoms with E-state index in [4.69, 9.17) is 11.6 Å². The molecule has 1 nitrogen and oxygen atoms in total. The summed E-state index contributed by atoms with van der Waals surface area (Å²) in [5.74, 6) is 1.09. The third kappa shape index (κ3) is 1.74. The monoisotopic (exact) mass is 212 g/mol. The summed E-state index contributed by atoms with van der Waals surface area (Å²) in [5, 5.41) is -0.341. The molecule has 0 N–H and O–H groups in total. The van der Waals surface area contributed by atoms with Crippen molar-refractivity contribution in [2.75, 3.05) is 5.75 Å². The number of hydrogen-bond donors (Lipinski definition) is 0. The Kier molecular flexibility index (Phi) is 2.61. The van der Waals surface area contributed by atoms with Crippen molar-refractivity contribution in [2.24, 2.45) is 0 Å². The number of halogens is 1. The molecule has 1 aromatic carbocycles. The molecule has 1 aliphatic heterocycles. The van der Waals surface area contributed by atoms with Crippen LogP contribution in [-0.4, -0.2) is 11.0 Å². The van der Waals surface area contributed by atoms with Crippen LogP contribution < -0.4 is 0 Å². The van der Waals surface area contributed by atoms with E-state index in [1.54, 1.807) is 17.8 Å². The van der Waals surface area contributed by atoms with E-state index < -0.39 is 0 Å². The lowest BCUT2D eigenvalue weighted by atomic mass is 10.1. The van der Waals surface area contributed by atoms with E-state index in [1.165, 1.54) is 12.0 Å². The maximum absolute atomic E-state index is 11.1. The number of thioether (sulfide) groups is 1. The molecule has 0 bridgehead atoms. The number of carbonyl (C=O) groups is 1. The van der Waals surface area contributed by atoms with E-state index in [1.807, 2.05) is 6.07 Å². The van der Waals surface area contributed by atoms with Crippen LogP contribution >= 0.6 is 23.4 Å². The largest absolute Gasteiger partial charge is 0.276 e. The Labute approximate surface area is 86.5 Å². The van der Waals surface area contributed by atoms with E-state index >= 15 is 0 Å². The van der Waals surface area contributed by atoms with Crippen molar-refractivity contribution in [3.05, 3.63) is 29.3 Å². The number of rotatable bonds is 1. The third-order valence-electron chi connectivity index (χ3n) is 2.15. The molecule has 0 amide bonds. The van der Waals surface area contributed by atoms with E-state index in [-0.39, 0.29) is 5.24 Å². The summed E-state index contributed by atoms with van der Waals surface area (Å²) in [6, 6.07) is 5.78. The Morgan fingerprint density at radius 1 is 1.46 bits per heavy atom. The van der Waals surface area contributed by atoms with Gasteiger partial charge in [0, 0.05) is 10.5 Å². The number of aryl methyl sites for hydroxylation is 1. The van der Waals surface area contributed by atoms with Crippen LogP contribution in [0.15, 0.2) is 23.1 Å². The van der Waals surface area contributed by atoms with Crippen molar-refractivity contribution in [1.29, 1.82) is 0 Å². The fraction of sp³-hybridized carbons (Fsp3) is 0.300. The fourth-order valence-corrected chi connectivity index (χ4v) is 2.92. The Balaban J connectivity index is 2.52. The summed E-state index contributed by atoms with van der Waals surface area (Å²) in [6.45, 7) is 0. The molecule has 2 rings (SSSR count). The molecule has 3 heteroatoms. The number of hydrogen-bond acceptors (Lipinski definition) is 2. The van der Waals surface area contributed by atoms with Gasteiger partial charge in [0.05, 0.1) is 0 Å². The van der Waals surface area contributed by atoms with Crippen LogP contribution in [0.1, 0.15) is 22.3 Å². The van der Waals surface area contributed by atoms with Gasteiger partial charge in [-0.2, -0.15) is 0 Å². The Morgan fingerprint density at radius 2 is 2.31 bits per heavy atom. The number of benzene rings is 1. The van der Waals surface area contributed by atoms with Gasteiger partial charge in [-0.1, -0.05) is 12.1 Å². The van der Waals surface area contributed by atoms with Gasteiger partial charge in [0.25, 0.3) is 5.24 Å². The molecule has 13 heavy (non-hydrogen) atoms. The fourth-order valence-electron chi connectivity index (χ4n) is 1.54. The van der Waals surface area contributed by atoms with Crippen molar-refractivity contribution in [3.63, 3.8) is 0 Å². The quantitative estimate of drug-likeness (QED) is 0.666. The highest BCUT2D eigenvalue weighted by Gasteiger charge is 2.16. The average molecular weight is 213 g/mol. The van der Waals surface area contributed by atoms with Crippen LogP contribution in [0.25, 0.3) is 0 Å². The summed E-state index contributed by atoms with van der Waals surface area (Å²) in [5.41, 5.74) is 1.94. The third-order valence-corrected chi connectivity index (χ3v) is 3.61. The number of fused-ring (bicyclic) bond motifs is 1. The van der Waals surface area contributed by atoms with Gasteiger partial charge in [-0.15, -0.1) is 11.8 Å². The Hall–Kier alpha value is -0.470. The molecule has 0 aliphatic carbocycles. The highest BCUT2D eigenvalue weighted by atomic mass is 35.5. The van der Waals surface area contributed by atoms with Crippen LogP contribution in [0.3, 0.4) is 0 Å². The van der Waals surface area contributed by atoms with Crippen LogP contribution in [0.2, 0.25) is 0 Å². The zero-order chi connectivity index (χ0) is 9.26. The zero-order valence-electron chi connectivity index (χ0n) is 7.05. The van der Waals surface area contributed by atoms with E-state index in [2.05, 4.69) is 6.07 Å². The molecule has 0 spiro atoms. The van der Waals surface area contributed by atoms with Gasteiger partial charge in [0.15, 0.2) is 0 Å². The van der Waals surface area contributed by atoms with E-state index in [9.17, 15) is 4.79 Å². The minimum Gasteiger partial charge on any atom is -0.276 e. The Bertz CT molecular complexity index is 349. The standard InChI is InChI=1S/C10H9ClOS/c11-10(12)8-5-1-3-7-4-2-6-13-9(7)8/h1,3,5H,2,4,6H2. The van der Waals surface area contributed by atoms with Gasteiger partial charge < -0.3 is 0 Å². The van der Waals surface area contributed by atoms with E-state index in [0.29, 0.717) is 5.56 Å². The molecule has 0 unspecified atom stereocenters. The normalized spacial score (nSPS) is 15.2. The molecule has 0 saturated heterocycles. The second kappa shape index (κ2) is 3.72. The highest BCUT2D eigenvalue weighted by molar-refractivity contribution is 7.99. The first-order valence-electron chi connectivity index (χ1n) is 4.23. The maximum Gasteiger partial charge on any atom is 0.253 e. The summed E-state index contributed by atoms with van der Waals surface area (Å²) in [7, 11) is 0. The van der Waals surface area contributed by atoms with Crippen molar-refractivity contribution >= 4 is 28.6 Å². The van der Waals surface area contributed by atoms with Gasteiger partial charge >= 0.3 is 0 Å². The lowest BCUT2D eigenvalue weighted by molar-refractivity contribution is 0.107. The molecule has 68 valence electrons. The first-order chi connectivity index (χ1) is 6.29. The zero-order valence-corrected chi connectivity index (χ0v) is 8.62. The maximum atomic E-state index is 11.1. The molecule has 0 saturated carbocycles. The summed E-state index contributed by atoms with van der Waals surface area (Å²) in [4.78, 5) is 12.2.